The van der Waals surface area contributed by atoms with Gasteiger partial charge < -0.3 is 0 Å². The smallest absolute Gasteiger partial charge is 0.0125 e. The first-order chi connectivity index (χ1) is 6.49. The van der Waals surface area contributed by atoms with Crippen LogP contribution < -0.4 is 0 Å². The van der Waals surface area contributed by atoms with Crippen molar-refractivity contribution in [1.29, 1.82) is 0 Å². The molecule has 0 saturated carbocycles. The molecule has 1 unspecified atom stereocenters. The maximum absolute atomic E-state index is 2.65. The van der Waals surface area contributed by atoms with E-state index in [1.807, 2.05) is 0 Å². The van der Waals surface area contributed by atoms with Crippen LogP contribution in [0.2, 0.25) is 0 Å². The fourth-order valence-corrected chi connectivity index (χ4v) is 2.74. The third-order valence-corrected chi connectivity index (χ3v) is 3.89. The molecule has 1 rings (SSSR count). The summed E-state index contributed by atoms with van der Waals surface area (Å²) in [7, 11) is 0. The van der Waals surface area contributed by atoms with E-state index in [2.05, 4.69) is 39.5 Å². The highest BCUT2D eigenvalue weighted by Gasteiger charge is 2.32. The SMILES string of the molecule is CCC(CC)C1CCN(C(C)(C)C)C1. The second kappa shape index (κ2) is 4.65. The highest BCUT2D eigenvalue weighted by molar-refractivity contribution is 4.86. The fourth-order valence-electron chi connectivity index (χ4n) is 2.74. The van der Waals surface area contributed by atoms with Crippen molar-refractivity contribution in [3.05, 3.63) is 0 Å². The molecule has 1 atom stereocenters. The molecule has 1 heteroatoms. The Balaban J connectivity index is 2.48. The second-order valence-corrected chi connectivity index (χ2v) is 5.74. The van der Waals surface area contributed by atoms with Crippen LogP contribution in [0.3, 0.4) is 0 Å². The molecule has 0 aromatic carbocycles. The Kier molecular flexibility index (Phi) is 4.00. The van der Waals surface area contributed by atoms with Crippen molar-refractivity contribution in [2.75, 3.05) is 13.1 Å². The van der Waals surface area contributed by atoms with Gasteiger partial charge in [-0.2, -0.15) is 0 Å². The summed E-state index contributed by atoms with van der Waals surface area (Å²) in [5.74, 6) is 1.92. The van der Waals surface area contributed by atoms with Crippen molar-refractivity contribution in [1.82, 2.24) is 4.90 Å². The first-order valence-corrected chi connectivity index (χ1v) is 6.24. The van der Waals surface area contributed by atoms with Crippen LogP contribution in [0.25, 0.3) is 0 Å². The van der Waals surface area contributed by atoms with Crippen molar-refractivity contribution < 1.29 is 0 Å². The molecule has 0 spiro atoms. The Hall–Kier alpha value is -0.0400. The maximum atomic E-state index is 2.65. The first-order valence-electron chi connectivity index (χ1n) is 6.24. The van der Waals surface area contributed by atoms with Crippen molar-refractivity contribution in [3.8, 4) is 0 Å². The maximum Gasteiger partial charge on any atom is 0.0125 e. The van der Waals surface area contributed by atoms with Gasteiger partial charge in [-0.05, 0) is 45.6 Å². The van der Waals surface area contributed by atoms with E-state index >= 15 is 0 Å². The van der Waals surface area contributed by atoms with Crippen LogP contribution in [0.15, 0.2) is 0 Å². The Morgan fingerprint density at radius 2 is 1.79 bits per heavy atom. The van der Waals surface area contributed by atoms with Gasteiger partial charge in [0.1, 0.15) is 0 Å². The molecule has 1 aliphatic heterocycles. The number of rotatable bonds is 3. The molecule has 14 heavy (non-hydrogen) atoms. The van der Waals surface area contributed by atoms with Gasteiger partial charge in [0, 0.05) is 12.1 Å². The predicted molar refractivity (Wildman–Crippen MR) is 63.5 cm³/mol. The van der Waals surface area contributed by atoms with Gasteiger partial charge in [-0.3, -0.25) is 4.90 Å². The minimum Gasteiger partial charge on any atom is -0.298 e. The zero-order valence-electron chi connectivity index (χ0n) is 10.6. The van der Waals surface area contributed by atoms with Crippen molar-refractivity contribution in [2.24, 2.45) is 11.8 Å². The topological polar surface area (TPSA) is 3.24 Å². The molecule has 84 valence electrons. The van der Waals surface area contributed by atoms with E-state index in [1.165, 1.54) is 32.4 Å². The van der Waals surface area contributed by atoms with E-state index in [-0.39, 0.29) is 0 Å². The van der Waals surface area contributed by atoms with E-state index < -0.39 is 0 Å². The van der Waals surface area contributed by atoms with Crippen LogP contribution in [-0.2, 0) is 0 Å². The summed E-state index contributed by atoms with van der Waals surface area (Å²) in [6.07, 6.45) is 4.14. The highest BCUT2D eigenvalue weighted by atomic mass is 15.2. The third kappa shape index (κ3) is 2.73. The standard InChI is InChI=1S/C13H27N/c1-6-11(7-2)12-8-9-14(10-12)13(3,4)5/h11-12H,6-10H2,1-5H3. The Bertz CT molecular complexity index is 165. The van der Waals surface area contributed by atoms with Crippen LogP contribution in [-0.4, -0.2) is 23.5 Å². The molecule has 1 heterocycles. The third-order valence-electron chi connectivity index (χ3n) is 3.89. The quantitative estimate of drug-likeness (QED) is 0.669. The van der Waals surface area contributed by atoms with E-state index in [0.29, 0.717) is 5.54 Å². The molecule has 0 aliphatic carbocycles. The zero-order valence-corrected chi connectivity index (χ0v) is 10.6. The summed E-state index contributed by atoms with van der Waals surface area (Å²) in [6, 6.07) is 0. The van der Waals surface area contributed by atoms with Crippen LogP contribution in [0.4, 0.5) is 0 Å². The Morgan fingerprint density at radius 1 is 1.21 bits per heavy atom. The average molecular weight is 197 g/mol. The van der Waals surface area contributed by atoms with E-state index in [1.54, 1.807) is 0 Å². The molecule has 0 aromatic heterocycles. The summed E-state index contributed by atoms with van der Waals surface area (Å²) in [4.78, 5) is 2.65. The predicted octanol–water partition coefficient (Wildman–Crippen LogP) is 3.54. The fraction of sp³-hybridized carbons (Fsp3) is 1.00. The highest BCUT2D eigenvalue weighted by Crippen LogP contribution is 2.32. The van der Waals surface area contributed by atoms with E-state index in [9.17, 15) is 0 Å². The summed E-state index contributed by atoms with van der Waals surface area (Å²) >= 11 is 0. The van der Waals surface area contributed by atoms with Gasteiger partial charge in [0.25, 0.3) is 0 Å². The van der Waals surface area contributed by atoms with E-state index in [4.69, 9.17) is 0 Å². The van der Waals surface area contributed by atoms with Crippen LogP contribution in [0, 0.1) is 11.8 Å². The van der Waals surface area contributed by atoms with Crippen molar-refractivity contribution in [2.45, 2.75) is 59.4 Å². The number of hydrogen-bond donors (Lipinski definition) is 0. The molecule has 1 saturated heterocycles. The second-order valence-electron chi connectivity index (χ2n) is 5.74. The van der Waals surface area contributed by atoms with Crippen molar-refractivity contribution in [3.63, 3.8) is 0 Å². The first kappa shape index (κ1) is 12.0. The van der Waals surface area contributed by atoms with Crippen LogP contribution in [0.1, 0.15) is 53.9 Å². The number of nitrogens with zero attached hydrogens (tertiary/aromatic N) is 1. The number of likely N-dealkylation sites (tertiary alicyclic amines) is 1. The summed E-state index contributed by atoms with van der Waals surface area (Å²) in [6.45, 7) is 14.3. The van der Waals surface area contributed by atoms with Crippen molar-refractivity contribution >= 4 is 0 Å². The van der Waals surface area contributed by atoms with Gasteiger partial charge in [0.05, 0.1) is 0 Å². The van der Waals surface area contributed by atoms with Gasteiger partial charge in [0.15, 0.2) is 0 Å². The minimum absolute atomic E-state index is 0.376. The lowest BCUT2D eigenvalue weighted by molar-refractivity contribution is 0.159. The lowest BCUT2D eigenvalue weighted by atomic mass is 9.87. The van der Waals surface area contributed by atoms with Gasteiger partial charge in [-0.25, -0.2) is 0 Å². The molecule has 0 amide bonds. The summed E-state index contributed by atoms with van der Waals surface area (Å²) in [5.41, 5.74) is 0.376. The summed E-state index contributed by atoms with van der Waals surface area (Å²) in [5, 5.41) is 0. The molecule has 0 radical (unpaired) electrons. The number of hydrogen-bond acceptors (Lipinski definition) is 1. The van der Waals surface area contributed by atoms with Crippen LogP contribution in [0.5, 0.6) is 0 Å². The van der Waals surface area contributed by atoms with Crippen LogP contribution >= 0.6 is 0 Å². The summed E-state index contributed by atoms with van der Waals surface area (Å²) < 4.78 is 0. The molecule has 1 fully saturated rings. The Labute approximate surface area is 89.9 Å². The Morgan fingerprint density at radius 3 is 2.14 bits per heavy atom. The monoisotopic (exact) mass is 197 g/mol. The molecule has 0 N–H and O–H groups in total. The molecule has 1 aliphatic rings. The van der Waals surface area contributed by atoms with E-state index in [0.717, 1.165) is 11.8 Å². The lowest BCUT2D eigenvalue weighted by Gasteiger charge is -2.32. The van der Waals surface area contributed by atoms with Gasteiger partial charge in [-0.1, -0.05) is 26.7 Å². The largest absolute Gasteiger partial charge is 0.298 e. The normalized spacial score (nSPS) is 24.9. The molecule has 0 aromatic rings. The zero-order chi connectivity index (χ0) is 10.8. The van der Waals surface area contributed by atoms with Gasteiger partial charge in [0.2, 0.25) is 0 Å². The molecule has 0 bridgehead atoms. The van der Waals surface area contributed by atoms with Gasteiger partial charge in [-0.15, -0.1) is 0 Å². The average Bonchev–Trinajstić information content (AvgIpc) is 2.54. The van der Waals surface area contributed by atoms with Gasteiger partial charge >= 0.3 is 0 Å². The molecule has 1 nitrogen and oxygen atoms in total. The molecular formula is C13H27N. The molecular weight excluding hydrogens is 170 g/mol. The minimum atomic E-state index is 0.376. The lowest BCUT2D eigenvalue weighted by Crippen LogP contribution is -2.39.